The highest BCUT2D eigenvalue weighted by Gasteiger charge is 2.33. The van der Waals surface area contributed by atoms with Gasteiger partial charge in [-0.15, -0.1) is 23.5 Å². The van der Waals surface area contributed by atoms with E-state index in [1.165, 1.54) is 0 Å². The van der Waals surface area contributed by atoms with Gasteiger partial charge in [-0.2, -0.15) is 5.10 Å². The zero-order valence-corrected chi connectivity index (χ0v) is 15.8. The molecular formula is C13H24N4O2S3. The van der Waals surface area contributed by atoms with Crippen molar-refractivity contribution < 1.29 is 9.53 Å². The van der Waals surface area contributed by atoms with Crippen molar-refractivity contribution in [3.63, 3.8) is 0 Å². The van der Waals surface area contributed by atoms with Gasteiger partial charge in [0.2, 0.25) is 0 Å². The molecule has 1 atom stereocenters. The molecule has 1 rings (SSSR count). The van der Waals surface area contributed by atoms with Gasteiger partial charge in [-0.05, 0) is 57.8 Å². The smallest absolute Gasteiger partial charge is 0.412 e. The van der Waals surface area contributed by atoms with Crippen LogP contribution >= 0.6 is 35.7 Å². The van der Waals surface area contributed by atoms with Crippen LogP contribution in [-0.4, -0.2) is 50.2 Å². The molecule has 1 heterocycles. The number of thiocarbonyl (C=S) groups is 1. The van der Waals surface area contributed by atoms with Crippen LogP contribution < -0.4 is 11.2 Å². The van der Waals surface area contributed by atoms with E-state index in [0.29, 0.717) is 0 Å². The number of carbonyl (C=O) groups is 1. The van der Waals surface area contributed by atoms with Crippen LogP contribution in [0.2, 0.25) is 0 Å². The van der Waals surface area contributed by atoms with Crippen LogP contribution in [0.5, 0.6) is 0 Å². The Kier molecular flexibility index (Phi) is 7.78. The molecule has 1 unspecified atom stereocenters. The van der Waals surface area contributed by atoms with E-state index in [-0.39, 0.29) is 22.0 Å². The molecule has 0 aromatic rings. The van der Waals surface area contributed by atoms with Gasteiger partial charge in [-0.1, -0.05) is 0 Å². The lowest BCUT2D eigenvalue weighted by Gasteiger charge is -2.36. The second kappa shape index (κ2) is 8.83. The van der Waals surface area contributed by atoms with E-state index in [2.05, 4.69) is 10.5 Å². The standard InChI is InChI=1S/C13H24N4O2S3/c1-9(8-15-16-10(14)20)17(11(18)19-13(2,3)4)12-21-6-5-7-22-12/h8-9,12H,5-7H2,1-4H3,(H3,14,16,20). The second-order valence-electron chi connectivity index (χ2n) is 5.78. The van der Waals surface area contributed by atoms with Gasteiger partial charge in [0.05, 0.1) is 6.04 Å². The maximum atomic E-state index is 12.5. The summed E-state index contributed by atoms with van der Waals surface area (Å²) in [5, 5.41) is 4.05. The summed E-state index contributed by atoms with van der Waals surface area (Å²) in [7, 11) is 0. The van der Waals surface area contributed by atoms with Crippen LogP contribution in [0, 0.1) is 0 Å². The van der Waals surface area contributed by atoms with E-state index < -0.39 is 5.60 Å². The van der Waals surface area contributed by atoms with Crippen molar-refractivity contribution in [3.05, 3.63) is 0 Å². The maximum absolute atomic E-state index is 12.5. The molecule has 3 N–H and O–H groups in total. The molecule has 0 aromatic carbocycles. The van der Waals surface area contributed by atoms with E-state index in [1.807, 2.05) is 27.7 Å². The average molecular weight is 365 g/mol. The molecule has 9 heteroatoms. The predicted molar refractivity (Wildman–Crippen MR) is 99.3 cm³/mol. The van der Waals surface area contributed by atoms with E-state index in [1.54, 1.807) is 34.6 Å². The van der Waals surface area contributed by atoms with Crippen LogP contribution in [0.4, 0.5) is 4.79 Å². The fourth-order valence-electron chi connectivity index (χ4n) is 1.68. The zero-order chi connectivity index (χ0) is 16.8. The lowest BCUT2D eigenvalue weighted by atomic mass is 10.2. The molecule has 1 saturated heterocycles. The summed E-state index contributed by atoms with van der Waals surface area (Å²) in [6.45, 7) is 7.47. The third-order valence-electron chi connectivity index (χ3n) is 2.54. The fourth-order valence-corrected chi connectivity index (χ4v) is 4.78. The molecule has 1 aliphatic rings. The van der Waals surface area contributed by atoms with E-state index in [0.717, 1.165) is 17.9 Å². The van der Waals surface area contributed by atoms with E-state index >= 15 is 0 Å². The SMILES string of the molecule is CC(C=NNC(N)=S)N(C(=O)OC(C)(C)C)C1SCCCS1. The Morgan fingerprint density at radius 3 is 2.59 bits per heavy atom. The Bertz CT molecular complexity index is 420. The van der Waals surface area contributed by atoms with E-state index in [9.17, 15) is 4.79 Å². The first-order valence-electron chi connectivity index (χ1n) is 7.04. The van der Waals surface area contributed by atoms with Gasteiger partial charge < -0.3 is 10.5 Å². The molecule has 0 aliphatic carbocycles. The minimum Gasteiger partial charge on any atom is -0.444 e. The number of rotatable bonds is 4. The third-order valence-corrected chi connectivity index (χ3v) is 5.53. The number of nitrogens with two attached hydrogens (primary N) is 1. The molecule has 126 valence electrons. The number of hydrazone groups is 1. The van der Waals surface area contributed by atoms with Crippen LogP contribution in [-0.2, 0) is 4.74 Å². The number of carbonyl (C=O) groups excluding carboxylic acids is 1. The lowest BCUT2D eigenvalue weighted by molar-refractivity contribution is 0.0250. The Morgan fingerprint density at radius 1 is 1.50 bits per heavy atom. The predicted octanol–water partition coefficient (Wildman–Crippen LogP) is 2.58. The molecule has 0 aromatic heterocycles. The average Bonchev–Trinajstić information content (AvgIpc) is 2.37. The zero-order valence-electron chi connectivity index (χ0n) is 13.4. The topological polar surface area (TPSA) is 80.0 Å². The molecule has 0 bridgehead atoms. The quantitative estimate of drug-likeness (QED) is 0.451. The largest absolute Gasteiger partial charge is 0.444 e. The molecule has 1 aliphatic heterocycles. The molecular weight excluding hydrogens is 340 g/mol. The van der Waals surface area contributed by atoms with Gasteiger partial charge in [0, 0.05) is 6.21 Å². The third kappa shape index (κ3) is 7.06. The van der Waals surface area contributed by atoms with Gasteiger partial charge in [0.25, 0.3) is 0 Å². The van der Waals surface area contributed by atoms with Crippen LogP contribution in [0.1, 0.15) is 34.1 Å². The van der Waals surface area contributed by atoms with Crippen LogP contribution in [0.3, 0.4) is 0 Å². The normalized spacial score (nSPS) is 18.0. The van der Waals surface area contributed by atoms with Crippen LogP contribution in [0.25, 0.3) is 0 Å². The maximum Gasteiger partial charge on any atom is 0.412 e. The number of ether oxygens (including phenoxy) is 1. The van der Waals surface area contributed by atoms with Crippen molar-refractivity contribution >= 4 is 53.2 Å². The van der Waals surface area contributed by atoms with Crippen molar-refractivity contribution in [2.45, 2.75) is 50.5 Å². The first-order valence-corrected chi connectivity index (χ1v) is 9.54. The van der Waals surface area contributed by atoms with Crippen molar-refractivity contribution in [2.75, 3.05) is 11.5 Å². The van der Waals surface area contributed by atoms with Gasteiger partial charge in [0.1, 0.15) is 10.3 Å². The number of thioether (sulfide) groups is 2. The molecule has 6 nitrogen and oxygen atoms in total. The first kappa shape index (κ1) is 19.4. The lowest BCUT2D eigenvalue weighted by Crippen LogP contribution is -2.47. The number of amides is 1. The highest BCUT2D eigenvalue weighted by atomic mass is 32.2. The molecule has 0 spiro atoms. The number of hydrogen-bond acceptors (Lipinski definition) is 6. The minimum atomic E-state index is -0.534. The fraction of sp³-hybridized carbons (Fsp3) is 0.769. The van der Waals surface area contributed by atoms with Crippen molar-refractivity contribution in [1.29, 1.82) is 0 Å². The molecule has 1 amide bonds. The Balaban J connectivity index is 2.82. The van der Waals surface area contributed by atoms with Gasteiger partial charge in [-0.3, -0.25) is 10.3 Å². The summed E-state index contributed by atoms with van der Waals surface area (Å²) >= 11 is 8.20. The number of nitrogens with zero attached hydrogens (tertiary/aromatic N) is 2. The first-order chi connectivity index (χ1) is 10.2. The number of hydrogen-bond donors (Lipinski definition) is 2. The summed E-state index contributed by atoms with van der Waals surface area (Å²) in [4.78, 5) is 14.3. The van der Waals surface area contributed by atoms with E-state index in [4.69, 9.17) is 22.7 Å². The summed E-state index contributed by atoms with van der Waals surface area (Å²) in [6.07, 6.45) is 2.42. The Hall–Kier alpha value is -0.670. The Labute approximate surface area is 146 Å². The summed E-state index contributed by atoms with van der Waals surface area (Å²) in [6, 6.07) is -0.236. The monoisotopic (exact) mass is 364 g/mol. The summed E-state index contributed by atoms with van der Waals surface area (Å²) < 4.78 is 5.55. The highest BCUT2D eigenvalue weighted by molar-refractivity contribution is 8.17. The number of nitrogens with one attached hydrogen (secondary N) is 1. The van der Waals surface area contributed by atoms with Crippen molar-refractivity contribution in [1.82, 2.24) is 10.3 Å². The van der Waals surface area contributed by atoms with Crippen LogP contribution in [0.15, 0.2) is 5.10 Å². The molecule has 0 saturated carbocycles. The minimum absolute atomic E-state index is 0.0230. The summed E-state index contributed by atoms with van der Waals surface area (Å²) in [5.41, 5.74) is 7.31. The van der Waals surface area contributed by atoms with Crippen molar-refractivity contribution in [3.8, 4) is 0 Å². The van der Waals surface area contributed by atoms with Gasteiger partial charge >= 0.3 is 6.09 Å². The Morgan fingerprint density at radius 2 is 2.09 bits per heavy atom. The molecule has 22 heavy (non-hydrogen) atoms. The second-order valence-corrected chi connectivity index (χ2v) is 8.90. The molecule has 0 radical (unpaired) electrons. The summed E-state index contributed by atoms with van der Waals surface area (Å²) in [5.74, 6) is 2.07. The highest BCUT2D eigenvalue weighted by Crippen LogP contribution is 2.35. The van der Waals surface area contributed by atoms with Gasteiger partial charge in [0.15, 0.2) is 5.11 Å². The van der Waals surface area contributed by atoms with Crippen molar-refractivity contribution in [2.24, 2.45) is 10.8 Å². The molecule has 1 fully saturated rings. The van der Waals surface area contributed by atoms with Gasteiger partial charge in [-0.25, -0.2) is 4.79 Å².